The first kappa shape index (κ1) is 15.4. The van der Waals surface area contributed by atoms with Gasteiger partial charge in [-0.2, -0.15) is 16.6 Å². The number of hydrogen-bond acceptors (Lipinski definition) is 6. The maximum atomic E-state index is 12.3. The summed E-state index contributed by atoms with van der Waals surface area (Å²) < 4.78 is 0. The molecular formula is C14H13N3O2S2. The van der Waals surface area contributed by atoms with Crippen LogP contribution in [0.25, 0.3) is 10.6 Å². The maximum absolute atomic E-state index is 12.3. The average Bonchev–Trinajstić information content (AvgIpc) is 3.09. The number of carbonyl (C=O) groups excluding carboxylic acids is 2. The molecule has 1 amide bonds. The highest BCUT2D eigenvalue weighted by molar-refractivity contribution is 7.17. The molecule has 0 fully saturated rings. The number of nitriles is 1. The van der Waals surface area contributed by atoms with Gasteiger partial charge in [0, 0.05) is 23.2 Å². The molecule has 0 unspecified atom stereocenters. The molecule has 0 aliphatic heterocycles. The Balaban J connectivity index is 2.19. The summed E-state index contributed by atoms with van der Waals surface area (Å²) in [6.07, 6.45) is 1.42. The molecule has 0 bridgehead atoms. The lowest BCUT2D eigenvalue weighted by molar-refractivity contribution is -0.122. The maximum Gasteiger partial charge on any atom is 0.245 e. The number of rotatable bonds is 5. The molecule has 1 N–H and O–H groups in total. The number of hydrogen-bond donors (Lipinski definition) is 1. The van der Waals surface area contributed by atoms with Crippen molar-refractivity contribution in [2.75, 3.05) is 0 Å². The van der Waals surface area contributed by atoms with Gasteiger partial charge in [0.05, 0.1) is 10.9 Å². The lowest BCUT2D eigenvalue weighted by atomic mass is 10.0. The number of thiophene rings is 1. The third-order valence-electron chi connectivity index (χ3n) is 2.60. The Morgan fingerprint density at radius 2 is 2.19 bits per heavy atom. The number of carbonyl (C=O) groups is 2. The third-order valence-corrected chi connectivity index (χ3v) is 4.35. The first-order chi connectivity index (χ1) is 10.0. The minimum absolute atomic E-state index is 0.121. The van der Waals surface area contributed by atoms with Crippen LogP contribution in [-0.4, -0.2) is 22.7 Å². The van der Waals surface area contributed by atoms with Gasteiger partial charge < -0.3 is 5.32 Å². The van der Waals surface area contributed by atoms with Gasteiger partial charge in [0.1, 0.15) is 5.01 Å². The van der Waals surface area contributed by atoms with Crippen molar-refractivity contribution >= 4 is 34.4 Å². The van der Waals surface area contributed by atoms with Crippen molar-refractivity contribution < 1.29 is 9.59 Å². The van der Waals surface area contributed by atoms with Crippen molar-refractivity contribution in [1.29, 1.82) is 5.26 Å². The number of ketones is 1. The predicted octanol–water partition coefficient (Wildman–Crippen LogP) is 2.72. The van der Waals surface area contributed by atoms with E-state index in [1.54, 1.807) is 19.9 Å². The van der Waals surface area contributed by atoms with Gasteiger partial charge in [-0.15, -0.1) is 11.3 Å². The van der Waals surface area contributed by atoms with Crippen molar-refractivity contribution in [2.45, 2.75) is 19.9 Å². The van der Waals surface area contributed by atoms with E-state index < -0.39 is 17.6 Å². The molecule has 0 aromatic carbocycles. The molecule has 7 heteroatoms. The number of nitrogens with one attached hydrogen (secondary N) is 1. The first-order valence-electron chi connectivity index (χ1n) is 6.25. The molecule has 21 heavy (non-hydrogen) atoms. The highest BCUT2D eigenvalue weighted by Gasteiger charge is 2.29. The third kappa shape index (κ3) is 3.54. The van der Waals surface area contributed by atoms with Crippen molar-refractivity contribution in [3.63, 3.8) is 0 Å². The molecular weight excluding hydrogens is 306 g/mol. The Morgan fingerprint density at radius 1 is 1.43 bits per heavy atom. The van der Waals surface area contributed by atoms with Crippen LogP contribution in [0.2, 0.25) is 0 Å². The highest BCUT2D eigenvalue weighted by Crippen LogP contribution is 2.28. The first-order valence-corrected chi connectivity index (χ1v) is 8.01. The van der Waals surface area contributed by atoms with Gasteiger partial charge in [0.25, 0.3) is 0 Å². The topological polar surface area (TPSA) is 82.9 Å². The molecule has 2 aromatic rings. The molecule has 1 atom stereocenters. The van der Waals surface area contributed by atoms with Crippen LogP contribution >= 0.6 is 22.7 Å². The van der Waals surface area contributed by atoms with E-state index in [1.807, 2.05) is 16.8 Å². The van der Waals surface area contributed by atoms with E-state index in [2.05, 4.69) is 10.3 Å². The standard InChI is InChI=1S/C14H13N3O2S2/c1-8(2)17-13(19)10(5-15)12(18)11-6-16-14(21-11)9-3-4-20-7-9/h3-4,6-8,10H,1-2H3,(H,17,19)/t10-/m1/s1. The SMILES string of the molecule is CC(C)NC(=O)[C@H](C#N)C(=O)c1cnc(-c2ccsc2)s1. The summed E-state index contributed by atoms with van der Waals surface area (Å²) in [6.45, 7) is 3.55. The summed E-state index contributed by atoms with van der Waals surface area (Å²) >= 11 is 2.73. The molecule has 0 saturated heterocycles. The fraction of sp³-hybridized carbons (Fsp3) is 0.286. The van der Waals surface area contributed by atoms with Gasteiger partial charge in [-0.1, -0.05) is 0 Å². The van der Waals surface area contributed by atoms with Crippen LogP contribution in [0.1, 0.15) is 23.5 Å². The van der Waals surface area contributed by atoms with Crippen molar-refractivity contribution in [3.05, 3.63) is 27.9 Å². The van der Waals surface area contributed by atoms with E-state index in [-0.39, 0.29) is 6.04 Å². The Kier molecular flexibility index (Phi) is 4.83. The van der Waals surface area contributed by atoms with E-state index >= 15 is 0 Å². The number of amides is 1. The normalized spacial score (nSPS) is 11.9. The molecule has 2 rings (SSSR count). The van der Waals surface area contributed by atoms with E-state index in [0.29, 0.717) is 9.88 Å². The van der Waals surface area contributed by atoms with E-state index in [4.69, 9.17) is 5.26 Å². The van der Waals surface area contributed by atoms with Crippen molar-refractivity contribution in [3.8, 4) is 16.6 Å². The Morgan fingerprint density at radius 3 is 2.76 bits per heavy atom. The lowest BCUT2D eigenvalue weighted by Gasteiger charge is -2.10. The van der Waals surface area contributed by atoms with Crippen LogP contribution in [0.4, 0.5) is 0 Å². The zero-order valence-electron chi connectivity index (χ0n) is 11.5. The minimum Gasteiger partial charge on any atom is -0.352 e. The smallest absolute Gasteiger partial charge is 0.245 e. The Labute approximate surface area is 130 Å². The van der Waals surface area contributed by atoms with E-state index in [0.717, 1.165) is 5.56 Å². The van der Waals surface area contributed by atoms with Gasteiger partial charge in [-0.05, 0) is 25.3 Å². The summed E-state index contributed by atoms with van der Waals surface area (Å²) in [6, 6.07) is 3.56. The fourth-order valence-corrected chi connectivity index (χ4v) is 3.25. The van der Waals surface area contributed by atoms with E-state index in [9.17, 15) is 9.59 Å². The molecule has 5 nitrogen and oxygen atoms in total. The molecule has 0 radical (unpaired) electrons. The summed E-state index contributed by atoms with van der Waals surface area (Å²) in [5, 5.41) is 16.2. The molecule has 2 heterocycles. The van der Waals surface area contributed by atoms with Crippen LogP contribution in [-0.2, 0) is 4.79 Å². The summed E-state index contributed by atoms with van der Waals surface area (Å²) in [5.74, 6) is -2.40. The summed E-state index contributed by atoms with van der Waals surface area (Å²) in [7, 11) is 0. The highest BCUT2D eigenvalue weighted by atomic mass is 32.1. The molecule has 0 spiro atoms. The van der Waals surface area contributed by atoms with Gasteiger partial charge in [0.15, 0.2) is 5.92 Å². The van der Waals surface area contributed by atoms with Gasteiger partial charge in [0.2, 0.25) is 11.7 Å². The Bertz CT molecular complexity index is 683. The molecule has 2 aromatic heterocycles. The summed E-state index contributed by atoms with van der Waals surface area (Å²) in [5.41, 5.74) is 0.934. The van der Waals surface area contributed by atoms with Crippen molar-refractivity contribution in [1.82, 2.24) is 10.3 Å². The predicted molar refractivity (Wildman–Crippen MR) is 82.1 cm³/mol. The van der Waals surface area contributed by atoms with Crippen molar-refractivity contribution in [2.24, 2.45) is 5.92 Å². The van der Waals surface area contributed by atoms with Gasteiger partial charge in [-0.25, -0.2) is 4.98 Å². The zero-order valence-corrected chi connectivity index (χ0v) is 13.1. The molecule has 0 aliphatic rings. The van der Waals surface area contributed by atoms with Crippen LogP contribution in [0.5, 0.6) is 0 Å². The second-order valence-electron chi connectivity index (χ2n) is 4.63. The quantitative estimate of drug-likeness (QED) is 0.678. The van der Waals surface area contributed by atoms with E-state index in [1.165, 1.54) is 28.9 Å². The van der Waals surface area contributed by atoms with Crippen LogP contribution in [0.3, 0.4) is 0 Å². The fourth-order valence-electron chi connectivity index (χ4n) is 1.65. The zero-order chi connectivity index (χ0) is 15.4. The van der Waals surface area contributed by atoms with Crippen LogP contribution in [0.15, 0.2) is 23.0 Å². The number of thiazole rings is 1. The largest absolute Gasteiger partial charge is 0.352 e. The summed E-state index contributed by atoms with van der Waals surface area (Å²) in [4.78, 5) is 28.6. The number of Topliss-reactive ketones (excluding diaryl/α,β-unsaturated/α-hetero) is 1. The Hall–Kier alpha value is -2.04. The average molecular weight is 319 g/mol. The second-order valence-corrected chi connectivity index (χ2v) is 6.44. The molecule has 0 saturated carbocycles. The minimum atomic E-state index is -1.33. The van der Waals surface area contributed by atoms with Gasteiger partial charge >= 0.3 is 0 Å². The number of aromatic nitrogens is 1. The number of nitrogens with zero attached hydrogens (tertiary/aromatic N) is 2. The molecule has 108 valence electrons. The second kappa shape index (κ2) is 6.61. The van der Waals surface area contributed by atoms with Crippen LogP contribution in [0, 0.1) is 17.2 Å². The lowest BCUT2D eigenvalue weighted by Crippen LogP contribution is -2.38. The van der Waals surface area contributed by atoms with Gasteiger partial charge in [-0.3, -0.25) is 9.59 Å². The molecule has 0 aliphatic carbocycles. The monoisotopic (exact) mass is 319 g/mol. The van der Waals surface area contributed by atoms with Crippen LogP contribution < -0.4 is 5.32 Å².